The molecule has 4 rings (SSSR count). The second kappa shape index (κ2) is 7.49. The first-order valence-electron chi connectivity index (χ1n) is 8.40. The Morgan fingerprint density at radius 1 is 1.04 bits per heavy atom. The summed E-state index contributed by atoms with van der Waals surface area (Å²) in [5, 5.41) is 14.1. The molecule has 7 nitrogen and oxygen atoms in total. The SMILES string of the molecule is O=C(/C=C/c1cccs1)N1CCN(c2nnnn2-c2ccccc2)CC1. The predicted octanol–water partition coefficient (Wildman–Crippen LogP) is 2.09. The van der Waals surface area contributed by atoms with Crippen molar-refractivity contribution in [1.82, 2.24) is 25.1 Å². The molecule has 0 aliphatic carbocycles. The summed E-state index contributed by atoms with van der Waals surface area (Å²) in [6, 6.07) is 13.8. The van der Waals surface area contributed by atoms with Crippen molar-refractivity contribution in [2.45, 2.75) is 0 Å². The zero-order valence-electron chi connectivity index (χ0n) is 14.1. The molecule has 0 saturated carbocycles. The zero-order valence-corrected chi connectivity index (χ0v) is 14.9. The highest BCUT2D eigenvalue weighted by molar-refractivity contribution is 7.10. The number of hydrogen-bond acceptors (Lipinski definition) is 6. The van der Waals surface area contributed by atoms with Gasteiger partial charge in [-0.1, -0.05) is 29.4 Å². The van der Waals surface area contributed by atoms with E-state index in [4.69, 9.17) is 0 Å². The highest BCUT2D eigenvalue weighted by Crippen LogP contribution is 2.17. The van der Waals surface area contributed by atoms with E-state index in [2.05, 4.69) is 20.4 Å². The Hall–Kier alpha value is -3.00. The van der Waals surface area contributed by atoms with Gasteiger partial charge in [0.2, 0.25) is 11.9 Å². The molecule has 0 atom stereocenters. The van der Waals surface area contributed by atoms with Gasteiger partial charge in [0.1, 0.15) is 0 Å². The third-order valence-electron chi connectivity index (χ3n) is 4.26. The fourth-order valence-electron chi connectivity index (χ4n) is 2.89. The van der Waals surface area contributed by atoms with Crippen LogP contribution in [0, 0.1) is 0 Å². The molecule has 0 spiro atoms. The van der Waals surface area contributed by atoms with Crippen molar-refractivity contribution < 1.29 is 4.79 Å². The first kappa shape index (κ1) is 16.5. The van der Waals surface area contributed by atoms with E-state index in [1.54, 1.807) is 22.1 Å². The zero-order chi connectivity index (χ0) is 17.8. The number of thiophene rings is 1. The summed E-state index contributed by atoms with van der Waals surface area (Å²) in [6.45, 7) is 2.70. The summed E-state index contributed by atoms with van der Waals surface area (Å²) in [5.41, 5.74) is 0.921. The van der Waals surface area contributed by atoms with Gasteiger partial charge in [-0.2, -0.15) is 4.68 Å². The molecule has 8 heteroatoms. The van der Waals surface area contributed by atoms with Gasteiger partial charge in [-0.3, -0.25) is 4.79 Å². The summed E-state index contributed by atoms with van der Waals surface area (Å²) >= 11 is 1.62. The minimum atomic E-state index is 0.0423. The lowest BCUT2D eigenvalue weighted by Crippen LogP contribution is -2.49. The third-order valence-corrected chi connectivity index (χ3v) is 5.10. The van der Waals surface area contributed by atoms with Crippen LogP contribution in [0.2, 0.25) is 0 Å². The number of hydrogen-bond donors (Lipinski definition) is 0. The summed E-state index contributed by atoms with van der Waals surface area (Å²) in [4.78, 5) is 17.4. The normalized spacial score (nSPS) is 14.9. The maximum Gasteiger partial charge on any atom is 0.250 e. The van der Waals surface area contributed by atoms with Gasteiger partial charge < -0.3 is 9.80 Å². The first-order valence-corrected chi connectivity index (χ1v) is 9.28. The minimum absolute atomic E-state index is 0.0423. The second-order valence-electron chi connectivity index (χ2n) is 5.89. The van der Waals surface area contributed by atoms with Crippen LogP contribution in [0.1, 0.15) is 4.88 Å². The van der Waals surface area contributed by atoms with Crippen LogP contribution in [0.4, 0.5) is 5.95 Å². The van der Waals surface area contributed by atoms with Gasteiger partial charge in [-0.15, -0.1) is 11.3 Å². The number of aromatic nitrogens is 4. The fourth-order valence-corrected chi connectivity index (χ4v) is 3.51. The van der Waals surface area contributed by atoms with Crippen LogP contribution in [0.25, 0.3) is 11.8 Å². The molecule has 0 unspecified atom stereocenters. The molecule has 1 amide bonds. The Labute approximate surface area is 155 Å². The lowest BCUT2D eigenvalue weighted by atomic mass is 10.3. The summed E-state index contributed by atoms with van der Waals surface area (Å²) in [6.07, 6.45) is 3.52. The van der Waals surface area contributed by atoms with Crippen molar-refractivity contribution in [2.75, 3.05) is 31.1 Å². The number of benzene rings is 1. The van der Waals surface area contributed by atoms with Gasteiger partial charge in [0, 0.05) is 37.1 Å². The van der Waals surface area contributed by atoms with E-state index in [0.717, 1.165) is 10.6 Å². The number of tetrazole rings is 1. The molecule has 3 aromatic rings. The Kier molecular flexibility index (Phi) is 4.74. The molecule has 132 valence electrons. The number of nitrogens with zero attached hydrogens (tertiary/aromatic N) is 6. The number of para-hydroxylation sites is 1. The molecule has 1 saturated heterocycles. The largest absolute Gasteiger partial charge is 0.336 e. The van der Waals surface area contributed by atoms with Gasteiger partial charge in [0.05, 0.1) is 5.69 Å². The van der Waals surface area contributed by atoms with Crippen molar-refractivity contribution in [3.63, 3.8) is 0 Å². The molecule has 0 radical (unpaired) electrons. The van der Waals surface area contributed by atoms with Crippen molar-refractivity contribution in [2.24, 2.45) is 0 Å². The van der Waals surface area contributed by atoms with E-state index in [0.29, 0.717) is 32.1 Å². The van der Waals surface area contributed by atoms with Gasteiger partial charge in [0.15, 0.2) is 0 Å². The fraction of sp³-hybridized carbons (Fsp3) is 0.222. The summed E-state index contributed by atoms with van der Waals surface area (Å²) < 4.78 is 1.73. The number of amides is 1. The van der Waals surface area contributed by atoms with Crippen molar-refractivity contribution in [1.29, 1.82) is 0 Å². The van der Waals surface area contributed by atoms with E-state index in [1.807, 2.05) is 58.8 Å². The van der Waals surface area contributed by atoms with Gasteiger partial charge in [-0.05, 0) is 40.1 Å². The average Bonchev–Trinajstić information content (AvgIpc) is 3.39. The number of piperazine rings is 1. The van der Waals surface area contributed by atoms with Gasteiger partial charge in [-0.25, -0.2) is 0 Å². The van der Waals surface area contributed by atoms with Crippen LogP contribution < -0.4 is 4.90 Å². The number of rotatable bonds is 4. The molecule has 0 N–H and O–H groups in total. The monoisotopic (exact) mass is 366 g/mol. The molecule has 1 aliphatic heterocycles. The van der Waals surface area contributed by atoms with E-state index < -0.39 is 0 Å². The van der Waals surface area contributed by atoms with Crippen LogP contribution in [0.15, 0.2) is 53.9 Å². The topological polar surface area (TPSA) is 67.2 Å². The Morgan fingerprint density at radius 3 is 2.58 bits per heavy atom. The average molecular weight is 366 g/mol. The first-order chi connectivity index (χ1) is 12.8. The molecule has 2 aromatic heterocycles. The van der Waals surface area contributed by atoms with E-state index in [9.17, 15) is 4.79 Å². The Morgan fingerprint density at radius 2 is 1.85 bits per heavy atom. The lowest BCUT2D eigenvalue weighted by molar-refractivity contribution is -0.126. The van der Waals surface area contributed by atoms with E-state index in [1.165, 1.54) is 0 Å². The van der Waals surface area contributed by atoms with Gasteiger partial charge >= 0.3 is 0 Å². The van der Waals surface area contributed by atoms with E-state index in [-0.39, 0.29) is 5.91 Å². The molecule has 0 bridgehead atoms. The highest BCUT2D eigenvalue weighted by Gasteiger charge is 2.23. The van der Waals surface area contributed by atoms with Crippen molar-refractivity contribution in [3.8, 4) is 5.69 Å². The van der Waals surface area contributed by atoms with Crippen molar-refractivity contribution >= 4 is 29.3 Å². The standard InChI is InChI=1S/C18H18N6OS/c25-17(9-8-16-7-4-14-26-16)22-10-12-23(13-11-22)18-19-20-21-24(18)15-5-2-1-3-6-15/h1-9,14H,10-13H2/b9-8+. The van der Waals surface area contributed by atoms with Crippen LogP contribution in [-0.4, -0.2) is 57.2 Å². The van der Waals surface area contributed by atoms with Crippen LogP contribution in [0.3, 0.4) is 0 Å². The van der Waals surface area contributed by atoms with Crippen molar-refractivity contribution in [3.05, 3.63) is 58.8 Å². The molecule has 3 heterocycles. The molecular formula is C18H18N6OS. The van der Waals surface area contributed by atoms with E-state index >= 15 is 0 Å². The molecule has 1 aliphatic rings. The van der Waals surface area contributed by atoms with Crippen LogP contribution in [-0.2, 0) is 4.79 Å². The molecule has 1 aromatic carbocycles. The Bertz CT molecular complexity index is 882. The maximum absolute atomic E-state index is 12.4. The number of carbonyl (C=O) groups is 1. The van der Waals surface area contributed by atoms with Crippen LogP contribution in [0.5, 0.6) is 0 Å². The van der Waals surface area contributed by atoms with Crippen LogP contribution >= 0.6 is 11.3 Å². The molecule has 1 fully saturated rings. The summed E-state index contributed by atoms with van der Waals surface area (Å²) in [5.74, 6) is 0.748. The smallest absolute Gasteiger partial charge is 0.250 e. The molecular weight excluding hydrogens is 348 g/mol. The predicted molar refractivity (Wildman–Crippen MR) is 101 cm³/mol. The number of carbonyl (C=O) groups excluding carboxylic acids is 1. The molecule has 26 heavy (non-hydrogen) atoms. The third kappa shape index (κ3) is 3.50. The minimum Gasteiger partial charge on any atom is -0.336 e. The maximum atomic E-state index is 12.4. The Balaban J connectivity index is 1.40. The number of anilines is 1. The second-order valence-corrected chi connectivity index (χ2v) is 6.87. The summed E-state index contributed by atoms with van der Waals surface area (Å²) in [7, 11) is 0. The highest BCUT2D eigenvalue weighted by atomic mass is 32.1. The lowest BCUT2D eigenvalue weighted by Gasteiger charge is -2.34. The van der Waals surface area contributed by atoms with Gasteiger partial charge in [0.25, 0.3) is 0 Å². The quantitative estimate of drug-likeness (QED) is 0.662.